The molecule has 164 valence electrons. The highest BCUT2D eigenvalue weighted by Gasteiger charge is 2.27. The third kappa shape index (κ3) is 5.44. The normalized spacial score (nSPS) is 19.2. The first-order chi connectivity index (χ1) is 14.5. The number of halogens is 3. The van der Waals surface area contributed by atoms with Crippen LogP contribution in [-0.2, 0) is 15.9 Å². The van der Waals surface area contributed by atoms with Crippen LogP contribution in [0.3, 0.4) is 0 Å². The monoisotopic (exact) mass is 420 g/mol. The number of rotatable bonds is 9. The first-order valence-electron chi connectivity index (χ1n) is 11.0. The lowest BCUT2D eigenvalue weighted by atomic mass is 9.95. The summed E-state index contributed by atoms with van der Waals surface area (Å²) in [7, 11) is 0. The molecule has 0 aromatic heterocycles. The molecule has 0 amide bonds. The van der Waals surface area contributed by atoms with Crippen LogP contribution in [0.2, 0.25) is 0 Å². The summed E-state index contributed by atoms with van der Waals surface area (Å²) in [4.78, 5) is 0. The summed E-state index contributed by atoms with van der Waals surface area (Å²) in [6.07, 6.45) is 5.43. The minimum absolute atomic E-state index is 0.00666. The Bertz CT molecular complexity index is 829. The van der Waals surface area contributed by atoms with E-state index < -0.39 is 17.7 Å². The third-order valence-corrected chi connectivity index (χ3v) is 5.66. The molecule has 3 rings (SSSR count). The Balaban J connectivity index is 1.73. The van der Waals surface area contributed by atoms with E-state index in [9.17, 15) is 13.2 Å². The Morgan fingerprint density at radius 3 is 2.47 bits per heavy atom. The lowest BCUT2D eigenvalue weighted by Gasteiger charge is -2.29. The molecule has 0 N–H and O–H groups in total. The van der Waals surface area contributed by atoms with Gasteiger partial charge in [-0.25, -0.2) is 13.2 Å². The second-order valence-electron chi connectivity index (χ2n) is 7.99. The molecule has 0 saturated carbocycles. The molecule has 0 spiro atoms. The van der Waals surface area contributed by atoms with E-state index in [1.807, 2.05) is 6.92 Å². The van der Waals surface area contributed by atoms with Gasteiger partial charge in [0, 0.05) is 17.7 Å². The number of ether oxygens (including phenoxy) is 2. The Labute approximate surface area is 177 Å². The van der Waals surface area contributed by atoms with Gasteiger partial charge >= 0.3 is 0 Å². The summed E-state index contributed by atoms with van der Waals surface area (Å²) in [5.74, 6) is -2.25. The number of unbranched alkanes of at least 4 members (excludes halogenated alkanes) is 2. The van der Waals surface area contributed by atoms with Crippen molar-refractivity contribution in [2.75, 3.05) is 13.2 Å². The van der Waals surface area contributed by atoms with Crippen molar-refractivity contribution >= 4 is 0 Å². The summed E-state index contributed by atoms with van der Waals surface area (Å²) >= 11 is 0. The van der Waals surface area contributed by atoms with E-state index in [0.29, 0.717) is 37.2 Å². The maximum Gasteiger partial charge on any atom is 0.167 e. The van der Waals surface area contributed by atoms with Crippen LogP contribution in [0.1, 0.15) is 69.6 Å². The van der Waals surface area contributed by atoms with Gasteiger partial charge in [-0.3, -0.25) is 0 Å². The van der Waals surface area contributed by atoms with Crippen LogP contribution in [0, 0.1) is 17.5 Å². The maximum atomic E-state index is 14.8. The van der Waals surface area contributed by atoms with E-state index in [0.717, 1.165) is 32.1 Å². The second kappa shape index (κ2) is 11.0. The van der Waals surface area contributed by atoms with Crippen LogP contribution in [0.25, 0.3) is 11.1 Å². The Kier molecular flexibility index (Phi) is 8.34. The van der Waals surface area contributed by atoms with E-state index in [1.165, 1.54) is 12.1 Å². The molecule has 0 bridgehead atoms. The van der Waals surface area contributed by atoms with Crippen molar-refractivity contribution in [2.24, 2.45) is 0 Å². The number of aryl methyl sites for hydroxylation is 1. The predicted octanol–water partition coefficient (Wildman–Crippen LogP) is 7.15. The van der Waals surface area contributed by atoms with Gasteiger partial charge in [-0.1, -0.05) is 51.0 Å². The minimum Gasteiger partial charge on any atom is -0.376 e. The standard InChI is InChI=1S/C25H31F3O2/c1-3-5-6-7-17-8-9-18(15-22(17)26)20-11-12-21(25(28)24(20)27)23-13-10-19(16-30-23)29-14-4-2/h8-9,11-12,15,19,23H,3-7,10,13-14,16H2,1-2H3. The van der Waals surface area contributed by atoms with Crippen molar-refractivity contribution in [3.8, 4) is 11.1 Å². The zero-order valence-corrected chi connectivity index (χ0v) is 17.9. The van der Waals surface area contributed by atoms with Crippen LogP contribution in [0.15, 0.2) is 30.3 Å². The Hall–Kier alpha value is -1.85. The molecule has 2 aromatic rings. The van der Waals surface area contributed by atoms with Crippen molar-refractivity contribution in [3.05, 3.63) is 58.9 Å². The van der Waals surface area contributed by atoms with Gasteiger partial charge in [0.25, 0.3) is 0 Å². The molecule has 2 nitrogen and oxygen atoms in total. The smallest absolute Gasteiger partial charge is 0.167 e. The summed E-state index contributed by atoms with van der Waals surface area (Å²) < 4.78 is 55.5. The van der Waals surface area contributed by atoms with E-state index in [4.69, 9.17) is 9.47 Å². The van der Waals surface area contributed by atoms with Crippen molar-refractivity contribution in [1.82, 2.24) is 0 Å². The molecule has 1 heterocycles. The summed E-state index contributed by atoms with van der Waals surface area (Å²) in [5.41, 5.74) is 1.23. The molecular weight excluding hydrogens is 389 g/mol. The molecule has 0 aliphatic carbocycles. The molecule has 5 heteroatoms. The van der Waals surface area contributed by atoms with Gasteiger partial charge in [0.05, 0.1) is 18.8 Å². The minimum atomic E-state index is -0.960. The van der Waals surface area contributed by atoms with Gasteiger partial charge in [-0.15, -0.1) is 0 Å². The zero-order valence-electron chi connectivity index (χ0n) is 17.9. The maximum absolute atomic E-state index is 14.8. The molecule has 1 fully saturated rings. The summed E-state index contributed by atoms with van der Waals surface area (Å²) in [6, 6.07) is 7.70. The van der Waals surface area contributed by atoms with Crippen LogP contribution < -0.4 is 0 Å². The van der Waals surface area contributed by atoms with Crippen LogP contribution >= 0.6 is 0 Å². The molecule has 30 heavy (non-hydrogen) atoms. The van der Waals surface area contributed by atoms with Gasteiger partial charge in [-0.2, -0.15) is 0 Å². The zero-order chi connectivity index (χ0) is 21.5. The fraction of sp³-hybridized carbons (Fsp3) is 0.520. The van der Waals surface area contributed by atoms with Crippen LogP contribution in [-0.4, -0.2) is 19.3 Å². The summed E-state index contributed by atoms with van der Waals surface area (Å²) in [5, 5.41) is 0. The van der Waals surface area contributed by atoms with Gasteiger partial charge in [0.1, 0.15) is 5.82 Å². The van der Waals surface area contributed by atoms with Crippen LogP contribution in [0.5, 0.6) is 0 Å². The van der Waals surface area contributed by atoms with E-state index >= 15 is 0 Å². The van der Waals surface area contributed by atoms with E-state index in [1.54, 1.807) is 18.2 Å². The molecule has 0 radical (unpaired) electrons. The SMILES string of the molecule is CCCCCc1ccc(-c2ccc(C3CCC(OCCC)CO3)c(F)c2F)cc1F. The van der Waals surface area contributed by atoms with Gasteiger partial charge in [0.2, 0.25) is 0 Å². The van der Waals surface area contributed by atoms with Crippen molar-refractivity contribution in [2.45, 2.75) is 71.0 Å². The predicted molar refractivity (Wildman–Crippen MR) is 113 cm³/mol. The van der Waals surface area contributed by atoms with E-state index in [-0.39, 0.29) is 23.0 Å². The Morgan fingerprint density at radius 2 is 1.80 bits per heavy atom. The highest BCUT2D eigenvalue weighted by atomic mass is 19.2. The molecule has 2 unspecified atom stereocenters. The van der Waals surface area contributed by atoms with Crippen LogP contribution in [0.4, 0.5) is 13.2 Å². The first-order valence-corrected chi connectivity index (χ1v) is 11.0. The molecular formula is C25H31F3O2. The summed E-state index contributed by atoms with van der Waals surface area (Å²) in [6.45, 7) is 5.18. The molecule has 2 aromatic carbocycles. The lowest BCUT2D eigenvalue weighted by molar-refractivity contribution is -0.0875. The fourth-order valence-electron chi connectivity index (χ4n) is 3.91. The molecule has 1 aliphatic rings. The van der Waals surface area contributed by atoms with Gasteiger partial charge in [0.15, 0.2) is 11.6 Å². The fourth-order valence-corrected chi connectivity index (χ4v) is 3.91. The van der Waals surface area contributed by atoms with E-state index in [2.05, 4.69) is 6.92 Å². The largest absolute Gasteiger partial charge is 0.376 e. The lowest BCUT2D eigenvalue weighted by Crippen LogP contribution is -2.28. The van der Waals surface area contributed by atoms with Gasteiger partial charge < -0.3 is 9.47 Å². The quantitative estimate of drug-likeness (QED) is 0.401. The van der Waals surface area contributed by atoms with Gasteiger partial charge in [-0.05, 0) is 49.3 Å². The molecule has 1 aliphatic heterocycles. The van der Waals surface area contributed by atoms with Crippen molar-refractivity contribution in [1.29, 1.82) is 0 Å². The van der Waals surface area contributed by atoms with Crippen molar-refractivity contribution in [3.63, 3.8) is 0 Å². The number of hydrogen-bond donors (Lipinski definition) is 0. The third-order valence-electron chi connectivity index (χ3n) is 5.66. The second-order valence-corrected chi connectivity index (χ2v) is 7.99. The molecule has 2 atom stereocenters. The average Bonchev–Trinajstić information content (AvgIpc) is 2.76. The number of hydrogen-bond acceptors (Lipinski definition) is 2. The first kappa shape index (κ1) is 22.8. The highest BCUT2D eigenvalue weighted by molar-refractivity contribution is 5.65. The topological polar surface area (TPSA) is 18.5 Å². The molecule has 1 saturated heterocycles. The Morgan fingerprint density at radius 1 is 0.967 bits per heavy atom. The van der Waals surface area contributed by atoms with Crippen molar-refractivity contribution < 1.29 is 22.6 Å². The number of benzene rings is 2. The average molecular weight is 421 g/mol. The highest BCUT2D eigenvalue weighted by Crippen LogP contribution is 2.35.